The Morgan fingerprint density at radius 2 is 2.11 bits per heavy atom. The highest BCUT2D eigenvalue weighted by atomic mass is 16.1. The predicted octanol–water partition coefficient (Wildman–Crippen LogP) is 1.47. The Bertz CT molecular complexity index is 554. The molecule has 5 heteroatoms. The summed E-state index contributed by atoms with van der Waals surface area (Å²) in [6, 6.07) is 9.13. The molecule has 2 heterocycles. The van der Waals surface area contributed by atoms with Crippen molar-refractivity contribution in [3.8, 4) is 0 Å². The number of hydrogen-bond acceptors (Lipinski definition) is 4. The Morgan fingerprint density at radius 1 is 1.26 bits per heavy atom. The lowest BCUT2D eigenvalue weighted by atomic mass is 10.2. The first kappa shape index (κ1) is 13.0. The molecule has 0 bridgehead atoms. The van der Waals surface area contributed by atoms with E-state index < -0.39 is 0 Å². The summed E-state index contributed by atoms with van der Waals surface area (Å²) in [6.07, 6.45) is 3.43. The highest BCUT2D eigenvalue weighted by Gasteiger charge is 2.08. The van der Waals surface area contributed by atoms with E-state index in [1.807, 2.05) is 43.3 Å². The number of pyridine rings is 2. The molecule has 0 fully saturated rings. The van der Waals surface area contributed by atoms with Gasteiger partial charge in [0.25, 0.3) is 5.91 Å². The van der Waals surface area contributed by atoms with Crippen LogP contribution >= 0.6 is 0 Å². The van der Waals surface area contributed by atoms with Gasteiger partial charge in [-0.3, -0.25) is 9.78 Å². The molecule has 0 unspecified atom stereocenters. The summed E-state index contributed by atoms with van der Waals surface area (Å²) >= 11 is 0. The van der Waals surface area contributed by atoms with E-state index in [2.05, 4.69) is 15.3 Å². The highest BCUT2D eigenvalue weighted by molar-refractivity contribution is 5.92. The van der Waals surface area contributed by atoms with Crippen LogP contribution in [0.25, 0.3) is 0 Å². The van der Waals surface area contributed by atoms with Crippen LogP contribution in [-0.4, -0.2) is 30.0 Å². The number of rotatable bonds is 4. The Morgan fingerprint density at radius 3 is 2.79 bits per heavy atom. The third-order valence-electron chi connectivity index (χ3n) is 2.60. The second-order valence-electron chi connectivity index (χ2n) is 4.32. The standard InChI is InChI=1S/C14H16N4O/c1-18(2)13-7-3-6-12(17-13)14(19)16-10-11-5-4-8-15-9-11/h3-9H,10H2,1-2H3,(H,16,19). The van der Waals surface area contributed by atoms with Crippen LogP contribution in [-0.2, 0) is 6.54 Å². The molecule has 0 saturated heterocycles. The molecule has 2 aromatic heterocycles. The van der Waals surface area contributed by atoms with Crippen molar-refractivity contribution >= 4 is 11.7 Å². The van der Waals surface area contributed by atoms with Gasteiger partial charge in [-0.25, -0.2) is 4.98 Å². The maximum atomic E-state index is 12.0. The molecule has 1 N–H and O–H groups in total. The predicted molar refractivity (Wildman–Crippen MR) is 74.0 cm³/mol. The Hall–Kier alpha value is -2.43. The van der Waals surface area contributed by atoms with E-state index in [4.69, 9.17) is 0 Å². The van der Waals surface area contributed by atoms with E-state index in [1.54, 1.807) is 18.5 Å². The van der Waals surface area contributed by atoms with Crippen LogP contribution in [0.5, 0.6) is 0 Å². The van der Waals surface area contributed by atoms with Crippen LogP contribution in [0.15, 0.2) is 42.7 Å². The normalized spacial score (nSPS) is 10.0. The van der Waals surface area contributed by atoms with Crippen molar-refractivity contribution in [1.82, 2.24) is 15.3 Å². The Kier molecular flexibility index (Phi) is 4.07. The van der Waals surface area contributed by atoms with Gasteiger partial charge in [0.1, 0.15) is 11.5 Å². The zero-order valence-electron chi connectivity index (χ0n) is 11.0. The lowest BCUT2D eigenvalue weighted by Gasteiger charge is -2.12. The van der Waals surface area contributed by atoms with Gasteiger partial charge in [0.2, 0.25) is 0 Å². The molecule has 2 aromatic rings. The second-order valence-corrected chi connectivity index (χ2v) is 4.32. The minimum atomic E-state index is -0.187. The van der Waals surface area contributed by atoms with E-state index in [9.17, 15) is 4.79 Å². The number of nitrogens with zero attached hydrogens (tertiary/aromatic N) is 3. The number of nitrogens with one attached hydrogen (secondary N) is 1. The monoisotopic (exact) mass is 256 g/mol. The van der Waals surface area contributed by atoms with Crippen LogP contribution < -0.4 is 10.2 Å². The van der Waals surface area contributed by atoms with Crippen LogP contribution in [0.4, 0.5) is 5.82 Å². The van der Waals surface area contributed by atoms with Crippen molar-refractivity contribution < 1.29 is 4.79 Å². The molecule has 5 nitrogen and oxygen atoms in total. The minimum Gasteiger partial charge on any atom is -0.363 e. The molecule has 0 atom stereocenters. The van der Waals surface area contributed by atoms with Crippen LogP contribution in [0.2, 0.25) is 0 Å². The molecule has 0 aliphatic rings. The zero-order valence-corrected chi connectivity index (χ0v) is 11.0. The van der Waals surface area contributed by atoms with Gasteiger partial charge in [0, 0.05) is 33.0 Å². The molecule has 2 rings (SSSR count). The fourth-order valence-electron chi connectivity index (χ4n) is 1.57. The number of hydrogen-bond donors (Lipinski definition) is 1. The van der Waals surface area contributed by atoms with Gasteiger partial charge in [-0.05, 0) is 23.8 Å². The van der Waals surface area contributed by atoms with E-state index in [0.717, 1.165) is 11.4 Å². The third-order valence-corrected chi connectivity index (χ3v) is 2.60. The average molecular weight is 256 g/mol. The van der Waals surface area contributed by atoms with Crippen molar-refractivity contribution in [3.63, 3.8) is 0 Å². The van der Waals surface area contributed by atoms with Crippen LogP contribution in [0.3, 0.4) is 0 Å². The topological polar surface area (TPSA) is 58.1 Å². The molecular weight excluding hydrogens is 240 g/mol. The van der Waals surface area contributed by atoms with Gasteiger partial charge < -0.3 is 10.2 Å². The van der Waals surface area contributed by atoms with Crippen molar-refractivity contribution in [1.29, 1.82) is 0 Å². The fourth-order valence-corrected chi connectivity index (χ4v) is 1.57. The maximum Gasteiger partial charge on any atom is 0.270 e. The highest BCUT2D eigenvalue weighted by Crippen LogP contribution is 2.07. The van der Waals surface area contributed by atoms with Gasteiger partial charge in [-0.2, -0.15) is 0 Å². The van der Waals surface area contributed by atoms with Gasteiger partial charge in [0.15, 0.2) is 0 Å². The largest absolute Gasteiger partial charge is 0.363 e. The van der Waals surface area contributed by atoms with Gasteiger partial charge in [0.05, 0.1) is 0 Å². The minimum absolute atomic E-state index is 0.187. The molecule has 0 saturated carbocycles. The summed E-state index contributed by atoms with van der Waals surface area (Å²) in [5.74, 6) is 0.571. The van der Waals surface area contributed by atoms with Crippen molar-refractivity contribution in [2.45, 2.75) is 6.54 Å². The number of amides is 1. The first-order chi connectivity index (χ1) is 9.16. The average Bonchev–Trinajstić information content (AvgIpc) is 2.46. The summed E-state index contributed by atoms with van der Waals surface area (Å²) in [4.78, 5) is 22.1. The van der Waals surface area contributed by atoms with Gasteiger partial charge in [-0.1, -0.05) is 12.1 Å². The molecule has 0 aromatic carbocycles. The molecule has 19 heavy (non-hydrogen) atoms. The summed E-state index contributed by atoms with van der Waals surface area (Å²) in [5.41, 5.74) is 1.37. The SMILES string of the molecule is CN(C)c1cccc(C(=O)NCc2cccnc2)n1. The number of carbonyl (C=O) groups is 1. The fraction of sp³-hybridized carbons (Fsp3) is 0.214. The third kappa shape index (κ3) is 3.51. The molecule has 0 radical (unpaired) electrons. The maximum absolute atomic E-state index is 12.0. The molecule has 0 aliphatic carbocycles. The van der Waals surface area contributed by atoms with E-state index >= 15 is 0 Å². The molecule has 98 valence electrons. The number of carbonyl (C=O) groups excluding carboxylic acids is 1. The van der Waals surface area contributed by atoms with Crippen molar-refractivity contribution in [2.75, 3.05) is 19.0 Å². The van der Waals surface area contributed by atoms with E-state index in [0.29, 0.717) is 12.2 Å². The van der Waals surface area contributed by atoms with Crippen molar-refractivity contribution in [2.24, 2.45) is 0 Å². The molecule has 0 spiro atoms. The summed E-state index contributed by atoms with van der Waals surface area (Å²) in [5, 5.41) is 2.82. The molecule has 1 amide bonds. The molecular formula is C14H16N4O. The zero-order chi connectivity index (χ0) is 13.7. The lowest BCUT2D eigenvalue weighted by molar-refractivity contribution is 0.0946. The van der Waals surface area contributed by atoms with Crippen LogP contribution in [0, 0.1) is 0 Å². The summed E-state index contributed by atoms with van der Waals surface area (Å²) < 4.78 is 0. The van der Waals surface area contributed by atoms with Gasteiger partial charge in [-0.15, -0.1) is 0 Å². The smallest absolute Gasteiger partial charge is 0.270 e. The van der Waals surface area contributed by atoms with Gasteiger partial charge >= 0.3 is 0 Å². The summed E-state index contributed by atoms with van der Waals surface area (Å²) in [6.45, 7) is 0.445. The number of anilines is 1. The summed E-state index contributed by atoms with van der Waals surface area (Å²) in [7, 11) is 3.78. The van der Waals surface area contributed by atoms with Crippen LogP contribution in [0.1, 0.15) is 16.1 Å². The first-order valence-electron chi connectivity index (χ1n) is 5.98. The first-order valence-corrected chi connectivity index (χ1v) is 5.98. The van der Waals surface area contributed by atoms with E-state index in [-0.39, 0.29) is 5.91 Å². The Balaban J connectivity index is 2.02. The lowest BCUT2D eigenvalue weighted by Crippen LogP contribution is -2.24. The molecule has 0 aliphatic heterocycles. The quantitative estimate of drug-likeness (QED) is 0.900. The number of aromatic nitrogens is 2. The Labute approximate surface area is 112 Å². The second kappa shape index (κ2) is 5.95. The van der Waals surface area contributed by atoms with Crippen molar-refractivity contribution in [3.05, 3.63) is 54.0 Å². The van der Waals surface area contributed by atoms with E-state index in [1.165, 1.54) is 0 Å².